The van der Waals surface area contributed by atoms with Gasteiger partial charge in [-0.05, 0) is 63.3 Å². The van der Waals surface area contributed by atoms with Gasteiger partial charge in [0.05, 0.1) is 8.95 Å². The summed E-state index contributed by atoms with van der Waals surface area (Å²) in [6, 6.07) is 2.28. The first-order chi connectivity index (χ1) is 6.59. The molecule has 1 nitrogen and oxygen atoms in total. The summed E-state index contributed by atoms with van der Waals surface area (Å²) in [5.74, 6) is -0.208. The van der Waals surface area contributed by atoms with Crippen molar-refractivity contribution in [1.29, 1.82) is 0 Å². The summed E-state index contributed by atoms with van der Waals surface area (Å²) in [6.07, 6.45) is 1.97. The van der Waals surface area contributed by atoms with Crippen molar-refractivity contribution >= 4 is 37.5 Å². The van der Waals surface area contributed by atoms with E-state index in [0.29, 0.717) is 15.0 Å². The van der Waals surface area contributed by atoms with Gasteiger partial charge >= 0.3 is 0 Å². The fraction of sp³-hybridized carbons (Fsp3) is 0.400. The van der Waals surface area contributed by atoms with Crippen LogP contribution >= 0.6 is 31.9 Å². The number of fused-ring (bicyclic) bond motifs is 1. The largest absolute Gasteiger partial charge is 0.382 e. The summed E-state index contributed by atoms with van der Waals surface area (Å²) < 4.78 is 14.6. The number of halogens is 3. The Morgan fingerprint density at radius 2 is 2.21 bits per heavy atom. The molecule has 1 aromatic rings. The molecule has 0 aliphatic carbocycles. The van der Waals surface area contributed by atoms with Crippen LogP contribution < -0.4 is 5.32 Å². The van der Waals surface area contributed by atoms with Gasteiger partial charge in [0.1, 0.15) is 0 Å². The molecule has 4 heteroatoms. The normalized spacial score (nSPS) is 20.1. The van der Waals surface area contributed by atoms with Gasteiger partial charge in [0.15, 0.2) is 5.82 Å². The summed E-state index contributed by atoms with van der Waals surface area (Å²) in [5, 5.41) is 3.34. The quantitative estimate of drug-likeness (QED) is 0.709. The van der Waals surface area contributed by atoms with Crippen molar-refractivity contribution in [3.05, 3.63) is 26.4 Å². The molecule has 0 spiro atoms. The average Bonchev–Trinajstić information content (AvgIpc) is 2.14. The van der Waals surface area contributed by atoms with Crippen LogP contribution in [-0.4, -0.2) is 6.04 Å². The molecule has 0 radical (unpaired) electrons. The van der Waals surface area contributed by atoms with Crippen LogP contribution in [0.4, 0.5) is 10.1 Å². The third kappa shape index (κ3) is 1.70. The molecule has 0 unspecified atom stereocenters. The number of nitrogens with one attached hydrogen (secondary N) is 1. The Labute approximate surface area is 99.3 Å². The van der Waals surface area contributed by atoms with Gasteiger partial charge in [0, 0.05) is 11.7 Å². The van der Waals surface area contributed by atoms with Gasteiger partial charge < -0.3 is 5.32 Å². The molecular weight excluding hydrogens is 313 g/mol. The lowest BCUT2D eigenvalue weighted by Gasteiger charge is -2.25. The second-order valence-corrected chi connectivity index (χ2v) is 5.24. The second kappa shape index (κ2) is 3.81. The van der Waals surface area contributed by atoms with E-state index in [1.165, 1.54) is 0 Å². The Morgan fingerprint density at radius 3 is 2.93 bits per heavy atom. The van der Waals surface area contributed by atoms with Gasteiger partial charge in [-0.2, -0.15) is 0 Å². The maximum atomic E-state index is 13.5. The van der Waals surface area contributed by atoms with Crippen LogP contribution in [0.2, 0.25) is 0 Å². The fourth-order valence-electron chi connectivity index (χ4n) is 1.70. The Balaban J connectivity index is 2.54. The Kier molecular flexibility index (Phi) is 2.84. The summed E-state index contributed by atoms with van der Waals surface area (Å²) in [7, 11) is 0. The molecule has 1 heterocycles. The highest BCUT2D eigenvalue weighted by Gasteiger charge is 2.20. The van der Waals surface area contributed by atoms with Crippen molar-refractivity contribution in [3.63, 3.8) is 0 Å². The number of hydrogen-bond acceptors (Lipinski definition) is 1. The zero-order valence-corrected chi connectivity index (χ0v) is 10.9. The van der Waals surface area contributed by atoms with E-state index in [2.05, 4.69) is 44.1 Å². The lowest BCUT2D eigenvalue weighted by atomic mass is 9.99. The van der Waals surface area contributed by atoms with E-state index >= 15 is 0 Å². The van der Waals surface area contributed by atoms with Gasteiger partial charge in [-0.1, -0.05) is 0 Å². The van der Waals surface area contributed by atoms with Gasteiger partial charge in [-0.25, -0.2) is 4.39 Å². The number of anilines is 1. The van der Waals surface area contributed by atoms with Crippen molar-refractivity contribution in [1.82, 2.24) is 0 Å². The van der Waals surface area contributed by atoms with Crippen molar-refractivity contribution in [2.24, 2.45) is 0 Å². The molecule has 0 aromatic heterocycles. The first kappa shape index (κ1) is 10.4. The molecule has 1 aromatic carbocycles. The fourth-order valence-corrected chi connectivity index (χ4v) is 3.02. The molecule has 14 heavy (non-hydrogen) atoms. The van der Waals surface area contributed by atoms with E-state index in [1.807, 2.05) is 6.07 Å². The topological polar surface area (TPSA) is 12.0 Å². The highest BCUT2D eigenvalue weighted by Crippen LogP contribution is 2.36. The first-order valence-corrected chi connectivity index (χ1v) is 6.11. The standard InChI is InChI=1S/C10H10Br2FN/c1-5-2-3-6-8(14-5)4-7(11)10(13)9(6)12/h4-5,14H,2-3H2,1H3/t5-/m0/s1. The van der Waals surface area contributed by atoms with Crippen LogP contribution in [0.25, 0.3) is 0 Å². The van der Waals surface area contributed by atoms with Crippen LogP contribution in [0.5, 0.6) is 0 Å². The Hall–Kier alpha value is -0.0900. The number of rotatable bonds is 0. The molecule has 76 valence electrons. The second-order valence-electron chi connectivity index (χ2n) is 3.60. The van der Waals surface area contributed by atoms with Crippen LogP contribution in [0.1, 0.15) is 18.9 Å². The average molecular weight is 323 g/mol. The SMILES string of the molecule is C[C@H]1CCc2c(cc(Br)c(F)c2Br)N1. The monoisotopic (exact) mass is 321 g/mol. The molecular formula is C10H10Br2FN. The molecule has 2 rings (SSSR count). The van der Waals surface area contributed by atoms with Gasteiger partial charge in [0.2, 0.25) is 0 Å². The highest BCUT2D eigenvalue weighted by atomic mass is 79.9. The molecule has 0 fully saturated rings. The van der Waals surface area contributed by atoms with Crippen LogP contribution in [-0.2, 0) is 6.42 Å². The van der Waals surface area contributed by atoms with Crippen molar-refractivity contribution in [2.45, 2.75) is 25.8 Å². The molecule has 1 aliphatic heterocycles. The molecule has 0 amide bonds. The third-order valence-corrected chi connectivity index (χ3v) is 3.90. The molecule has 0 saturated heterocycles. The smallest absolute Gasteiger partial charge is 0.151 e. The minimum Gasteiger partial charge on any atom is -0.382 e. The van der Waals surface area contributed by atoms with E-state index in [0.717, 1.165) is 24.1 Å². The Bertz CT molecular complexity index is 379. The molecule has 1 N–H and O–H groups in total. The van der Waals surface area contributed by atoms with Crippen LogP contribution in [0.15, 0.2) is 15.0 Å². The lowest BCUT2D eigenvalue weighted by molar-refractivity contribution is 0.603. The van der Waals surface area contributed by atoms with Crippen molar-refractivity contribution in [3.8, 4) is 0 Å². The third-order valence-electron chi connectivity index (χ3n) is 2.49. The van der Waals surface area contributed by atoms with Gasteiger partial charge in [-0.3, -0.25) is 0 Å². The maximum absolute atomic E-state index is 13.5. The highest BCUT2D eigenvalue weighted by molar-refractivity contribution is 9.11. The number of benzene rings is 1. The van der Waals surface area contributed by atoms with Crippen molar-refractivity contribution < 1.29 is 4.39 Å². The van der Waals surface area contributed by atoms with E-state index in [-0.39, 0.29) is 5.82 Å². The van der Waals surface area contributed by atoms with Crippen LogP contribution in [0, 0.1) is 5.82 Å². The molecule has 1 aliphatic rings. The maximum Gasteiger partial charge on any atom is 0.151 e. The zero-order valence-electron chi connectivity index (χ0n) is 7.70. The van der Waals surface area contributed by atoms with Crippen LogP contribution in [0.3, 0.4) is 0 Å². The molecule has 0 saturated carbocycles. The predicted molar refractivity (Wildman–Crippen MR) is 63.2 cm³/mol. The zero-order chi connectivity index (χ0) is 10.3. The minimum absolute atomic E-state index is 0.208. The van der Waals surface area contributed by atoms with E-state index in [9.17, 15) is 4.39 Å². The lowest BCUT2D eigenvalue weighted by Crippen LogP contribution is -2.22. The summed E-state index contributed by atoms with van der Waals surface area (Å²) in [5.41, 5.74) is 2.08. The Morgan fingerprint density at radius 1 is 1.50 bits per heavy atom. The summed E-state index contributed by atoms with van der Waals surface area (Å²) in [4.78, 5) is 0. The number of hydrogen-bond donors (Lipinski definition) is 1. The first-order valence-electron chi connectivity index (χ1n) is 4.52. The summed E-state index contributed by atoms with van der Waals surface area (Å²) in [6.45, 7) is 2.13. The van der Waals surface area contributed by atoms with Crippen molar-refractivity contribution in [2.75, 3.05) is 5.32 Å². The van der Waals surface area contributed by atoms with E-state index in [4.69, 9.17) is 0 Å². The predicted octanol–water partition coefficient (Wildman–Crippen LogP) is 4.10. The molecule has 1 atom stereocenters. The van der Waals surface area contributed by atoms with E-state index in [1.54, 1.807) is 0 Å². The minimum atomic E-state index is -0.208. The summed E-state index contributed by atoms with van der Waals surface area (Å²) >= 11 is 6.49. The van der Waals surface area contributed by atoms with Gasteiger partial charge in [-0.15, -0.1) is 0 Å². The van der Waals surface area contributed by atoms with Gasteiger partial charge in [0.25, 0.3) is 0 Å². The van der Waals surface area contributed by atoms with E-state index < -0.39 is 0 Å². The molecule has 0 bridgehead atoms.